The lowest BCUT2D eigenvalue weighted by Crippen LogP contribution is -2.35. The summed E-state index contributed by atoms with van der Waals surface area (Å²) in [5.74, 6) is 0.805. The number of halogens is 1. The number of amides is 1. The van der Waals surface area contributed by atoms with E-state index in [1.165, 1.54) is 5.56 Å². The van der Waals surface area contributed by atoms with E-state index in [0.29, 0.717) is 12.3 Å². The van der Waals surface area contributed by atoms with Gasteiger partial charge in [-0.3, -0.25) is 4.79 Å². The van der Waals surface area contributed by atoms with E-state index in [0.717, 1.165) is 36.8 Å². The van der Waals surface area contributed by atoms with Crippen LogP contribution in [0.1, 0.15) is 31.7 Å². The number of rotatable bonds is 4. The van der Waals surface area contributed by atoms with Crippen LogP contribution in [-0.4, -0.2) is 17.8 Å². The van der Waals surface area contributed by atoms with Gasteiger partial charge in [0.05, 0.1) is 0 Å². The number of hydrogen-bond acceptors (Lipinski definition) is 1. The average molecular weight is 310 g/mol. The van der Waals surface area contributed by atoms with Crippen LogP contribution in [0.3, 0.4) is 0 Å². The Morgan fingerprint density at radius 2 is 2.11 bits per heavy atom. The van der Waals surface area contributed by atoms with Gasteiger partial charge in [0.1, 0.15) is 0 Å². The van der Waals surface area contributed by atoms with Crippen LogP contribution >= 0.6 is 15.9 Å². The maximum atomic E-state index is 12.3. The number of carbonyl (C=O) groups excluding carboxylic acids is 1. The third kappa shape index (κ3) is 2.94. The predicted octanol–water partition coefficient (Wildman–Crippen LogP) is 3.78. The second kappa shape index (κ2) is 6.37. The van der Waals surface area contributed by atoms with Crippen molar-refractivity contribution in [1.29, 1.82) is 0 Å². The number of carbonyl (C=O) groups is 1. The molecule has 0 saturated heterocycles. The van der Waals surface area contributed by atoms with Crippen molar-refractivity contribution in [1.82, 2.24) is 0 Å². The number of aryl methyl sites for hydroxylation is 1. The molecule has 1 aromatic rings. The molecule has 1 heterocycles. The Morgan fingerprint density at radius 3 is 2.83 bits per heavy atom. The molecule has 18 heavy (non-hydrogen) atoms. The minimum absolute atomic E-state index is 0.277. The van der Waals surface area contributed by atoms with Crippen LogP contribution in [-0.2, 0) is 11.2 Å². The van der Waals surface area contributed by atoms with E-state index in [1.54, 1.807) is 0 Å². The van der Waals surface area contributed by atoms with E-state index in [4.69, 9.17) is 0 Å². The number of nitrogens with zero attached hydrogens (tertiary/aromatic N) is 1. The molecule has 0 saturated carbocycles. The fraction of sp³-hybridized carbons (Fsp3) is 0.533. The molecule has 1 amide bonds. The van der Waals surface area contributed by atoms with Gasteiger partial charge in [-0.1, -0.05) is 47.5 Å². The second-order valence-electron chi connectivity index (χ2n) is 4.92. The largest absolute Gasteiger partial charge is 0.312 e. The smallest absolute Gasteiger partial charge is 0.227 e. The van der Waals surface area contributed by atoms with Gasteiger partial charge in [0.15, 0.2) is 0 Å². The van der Waals surface area contributed by atoms with Crippen LogP contribution in [0, 0.1) is 5.92 Å². The maximum Gasteiger partial charge on any atom is 0.227 e. The third-order valence-electron chi connectivity index (χ3n) is 3.66. The molecule has 0 spiro atoms. The number of hydrogen-bond donors (Lipinski definition) is 0. The molecule has 1 aliphatic heterocycles. The highest BCUT2D eigenvalue weighted by atomic mass is 79.9. The summed E-state index contributed by atoms with van der Waals surface area (Å²) < 4.78 is 0. The molecule has 0 N–H and O–H groups in total. The molecule has 1 aliphatic rings. The first kappa shape index (κ1) is 13.6. The highest BCUT2D eigenvalue weighted by Gasteiger charge is 2.23. The van der Waals surface area contributed by atoms with Crippen LogP contribution in [0.4, 0.5) is 5.69 Å². The van der Waals surface area contributed by atoms with E-state index in [1.807, 2.05) is 11.0 Å². The molecular weight excluding hydrogens is 290 g/mol. The molecule has 3 heteroatoms. The van der Waals surface area contributed by atoms with Gasteiger partial charge >= 0.3 is 0 Å². The number of fused-ring (bicyclic) bond motifs is 1. The molecule has 0 aliphatic carbocycles. The summed E-state index contributed by atoms with van der Waals surface area (Å²) in [5, 5.41) is 0.954. The summed E-state index contributed by atoms with van der Waals surface area (Å²) in [6.07, 6.45) is 3.76. The molecule has 1 aromatic carbocycles. The van der Waals surface area contributed by atoms with E-state index < -0.39 is 0 Å². The Balaban J connectivity index is 2.28. The Morgan fingerprint density at radius 1 is 1.33 bits per heavy atom. The molecule has 0 aromatic heterocycles. The van der Waals surface area contributed by atoms with Gasteiger partial charge in [0.25, 0.3) is 0 Å². The van der Waals surface area contributed by atoms with E-state index >= 15 is 0 Å². The standard InChI is InChI=1S/C15H20BrNO/c1-2-12(10-16)11-17-14-8-4-3-6-13(14)7-5-9-15(17)18/h3-4,6,8,12H,2,5,7,9-11H2,1H3. The van der Waals surface area contributed by atoms with Gasteiger partial charge in [-0.05, 0) is 30.4 Å². The first-order valence-corrected chi connectivity index (χ1v) is 7.82. The Labute approximate surface area is 117 Å². The van der Waals surface area contributed by atoms with Crippen LogP contribution < -0.4 is 4.90 Å². The Kier molecular flexibility index (Phi) is 4.81. The predicted molar refractivity (Wildman–Crippen MR) is 79.3 cm³/mol. The molecule has 98 valence electrons. The van der Waals surface area contributed by atoms with Gasteiger partial charge in [-0.25, -0.2) is 0 Å². The quantitative estimate of drug-likeness (QED) is 0.775. The molecule has 0 radical (unpaired) electrons. The van der Waals surface area contributed by atoms with Crippen LogP contribution in [0.2, 0.25) is 0 Å². The fourth-order valence-corrected chi connectivity index (χ4v) is 3.09. The van der Waals surface area contributed by atoms with Crippen LogP contribution in [0.15, 0.2) is 24.3 Å². The summed E-state index contributed by atoms with van der Waals surface area (Å²) in [5.41, 5.74) is 2.44. The highest BCUT2D eigenvalue weighted by Crippen LogP contribution is 2.28. The van der Waals surface area contributed by atoms with Crippen molar-refractivity contribution in [3.63, 3.8) is 0 Å². The molecule has 1 atom stereocenters. The molecule has 0 fully saturated rings. The zero-order chi connectivity index (χ0) is 13.0. The number of benzene rings is 1. The molecule has 0 bridgehead atoms. The molecular formula is C15H20BrNO. The minimum atomic E-state index is 0.277. The monoisotopic (exact) mass is 309 g/mol. The first-order valence-electron chi connectivity index (χ1n) is 6.70. The summed E-state index contributed by atoms with van der Waals surface area (Å²) in [6, 6.07) is 8.32. The topological polar surface area (TPSA) is 20.3 Å². The average Bonchev–Trinajstić information content (AvgIpc) is 2.55. The minimum Gasteiger partial charge on any atom is -0.312 e. The third-order valence-corrected chi connectivity index (χ3v) is 4.57. The van der Waals surface area contributed by atoms with Crippen molar-refractivity contribution in [3.8, 4) is 0 Å². The van der Waals surface area contributed by atoms with E-state index in [9.17, 15) is 4.79 Å². The van der Waals surface area contributed by atoms with E-state index in [-0.39, 0.29) is 5.91 Å². The summed E-state index contributed by atoms with van der Waals surface area (Å²) in [6.45, 7) is 3.01. The summed E-state index contributed by atoms with van der Waals surface area (Å²) in [4.78, 5) is 14.3. The Bertz CT molecular complexity index is 415. The lowest BCUT2D eigenvalue weighted by Gasteiger charge is -2.26. The zero-order valence-corrected chi connectivity index (χ0v) is 12.4. The molecule has 2 nitrogen and oxygen atoms in total. The SMILES string of the molecule is CCC(CBr)CN1C(=O)CCCc2ccccc21. The van der Waals surface area contributed by atoms with E-state index in [2.05, 4.69) is 41.1 Å². The lowest BCUT2D eigenvalue weighted by molar-refractivity contribution is -0.118. The lowest BCUT2D eigenvalue weighted by atomic mass is 10.1. The van der Waals surface area contributed by atoms with Crippen molar-refractivity contribution < 1.29 is 4.79 Å². The number of anilines is 1. The van der Waals surface area contributed by atoms with Crippen molar-refractivity contribution in [2.45, 2.75) is 32.6 Å². The Hall–Kier alpha value is -0.830. The van der Waals surface area contributed by atoms with Gasteiger partial charge in [0, 0.05) is 24.0 Å². The van der Waals surface area contributed by atoms with Crippen molar-refractivity contribution in [2.24, 2.45) is 5.92 Å². The van der Waals surface area contributed by atoms with Crippen molar-refractivity contribution in [3.05, 3.63) is 29.8 Å². The number of alkyl halides is 1. The molecule has 2 rings (SSSR count). The summed E-state index contributed by atoms with van der Waals surface area (Å²) in [7, 11) is 0. The molecule has 1 unspecified atom stereocenters. The maximum absolute atomic E-state index is 12.3. The van der Waals surface area contributed by atoms with Crippen molar-refractivity contribution >= 4 is 27.5 Å². The fourth-order valence-electron chi connectivity index (χ4n) is 2.43. The van der Waals surface area contributed by atoms with Gasteiger partial charge in [-0.2, -0.15) is 0 Å². The van der Waals surface area contributed by atoms with Crippen LogP contribution in [0.5, 0.6) is 0 Å². The number of para-hydroxylation sites is 1. The summed E-state index contributed by atoms with van der Waals surface area (Å²) >= 11 is 3.54. The normalized spacial score (nSPS) is 17.2. The first-order chi connectivity index (χ1) is 8.76. The van der Waals surface area contributed by atoms with Crippen LogP contribution in [0.25, 0.3) is 0 Å². The van der Waals surface area contributed by atoms with Gasteiger partial charge < -0.3 is 4.90 Å². The zero-order valence-electron chi connectivity index (χ0n) is 10.9. The van der Waals surface area contributed by atoms with Crippen molar-refractivity contribution in [2.75, 3.05) is 16.8 Å². The van der Waals surface area contributed by atoms with Gasteiger partial charge in [-0.15, -0.1) is 0 Å². The van der Waals surface area contributed by atoms with Gasteiger partial charge in [0.2, 0.25) is 5.91 Å². The second-order valence-corrected chi connectivity index (χ2v) is 5.56. The highest BCUT2D eigenvalue weighted by molar-refractivity contribution is 9.09.